The number of halogens is 1. The van der Waals surface area contributed by atoms with Gasteiger partial charge in [0.1, 0.15) is 5.75 Å². The predicted octanol–water partition coefficient (Wildman–Crippen LogP) is 4.42. The monoisotopic (exact) mass is 319 g/mol. The van der Waals surface area contributed by atoms with E-state index < -0.39 is 0 Å². The van der Waals surface area contributed by atoms with E-state index in [4.69, 9.17) is 4.74 Å². The Kier molecular flexibility index (Phi) is 5.40. The second kappa shape index (κ2) is 7.29. The quantitative estimate of drug-likeness (QED) is 0.735. The number of hydrogen-bond donors (Lipinski definition) is 0. The molecule has 2 aromatic rings. The molecule has 0 aliphatic rings. The summed E-state index contributed by atoms with van der Waals surface area (Å²) in [5.41, 5.74) is 2.57. The molecule has 0 radical (unpaired) electrons. The fraction of sp³-hybridized carbons (Fsp3) is 0.312. The van der Waals surface area contributed by atoms with E-state index in [9.17, 15) is 0 Å². The topological polar surface area (TPSA) is 22.1 Å². The summed E-state index contributed by atoms with van der Waals surface area (Å²) in [5.74, 6) is 0.920. The van der Waals surface area contributed by atoms with Crippen molar-refractivity contribution in [1.29, 1.82) is 0 Å². The number of benzene rings is 1. The second-order valence-corrected chi connectivity index (χ2v) is 5.29. The molecule has 1 aromatic heterocycles. The van der Waals surface area contributed by atoms with Gasteiger partial charge in [-0.3, -0.25) is 4.98 Å². The standard InChI is InChI=1S/C16H18BrNO/c1-2-13-7-8-16(15(17)11-13)19-10-4-6-14-5-3-9-18-12-14/h3,5,7-9,11-12H,2,4,6,10H2,1H3. The number of aryl methyl sites for hydroxylation is 2. The summed E-state index contributed by atoms with van der Waals surface area (Å²) in [6.07, 6.45) is 6.74. The van der Waals surface area contributed by atoms with Gasteiger partial charge in [0.2, 0.25) is 0 Å². The molecule has 1 aromatic carbocycles. The first-order valence-electron chi connectivity index (χ1n) is 6.59. The van der Waals surface area contributed by atoms with E-state index in [-0.39, 0.29) is 0 Å². The van der Waals surface area contributed by atoms with Gasteiger partial charge in [0, 0.05) is 12.4 Å². The molecule has 0 amide bonds. The predicted molar refractivity (Wildman–Crippen MR) is 81.6 cm³/mol. The summed E-state index contributed by atoms with van der Waals surface area (Å²) in [6, 6.07) is 10.3. The average Bonchev–Trinajstić information content (AvgIpc) is 2.46. The minimum absolute atomic E-state index is 0.721. The molecule has 0 bridgehead atoms. The van der Waals surface area contributed by atoms with Crippen molar-refractivity contribution < 1.29 is 4.74 Å². The van der Waals surface area contributed by atoms with E-state index in [1.807, 2.05) is 18.3 Å². The lowest BCUT2D eigenvalue weighted by molar-refractivity contribution is 0.309. The number of hydrogen-bond acceptors (Lipinski definition) is 2. The molecule has 2 rings (SSSR count). The van der Waals surface area contributed by atoms with Crippen LogP contribution >= 0.6 is 15.9 Å². The molecule has 0 saturated carbocycles. The first kappa shape index (κ1) is 14.1. The van der Waals surface area contributed by atoms with E-state index >= 15 is 0 Å². The van der Waals surface area contributed by atoms with Gasteiger partial charge in [-0.2, -0.15) is 0 Å². The van der Waals surface area contributed by atoms with Gasteiger partial charge in [0.05, 0.1) is 11.1 Å². The molecule has 0 unspecified atom stereocenters. The summed E-state index contributed by atoms with van der Waals surface area (Å²) in [4.78, 5) is 4.11. The van der Waals surface area contributed by atoms with Crippen LogP contribution in [0.2, 0.25) is 0 Å². The van der Waals surface area contributed by atoms with Crippen LogP contribution in [0.25, 0.3) is 0 Å². The summed E-state index contributed by atoms with van der Waals surface area (Å²) in [5, 5.41) is 0. The first-order valence-corrected chi connectivity index (χ1v) is 7.39. The Balaban J connectivity index is 1.80. The zero-order chi connectivity index (χ0) is 13.5. The van der Waals surface area contributed by atoms with E-state index in [0.29, 0.717) is 0 Å². The Bertz CT molecular complexity index is 513. The molecule has 1 heterocycles. The van der Waals surface area contributed by atoms with E-state index in [1.165, 1.54) is 11.1 Å². The van der Waals surface area contributed by atoms with Crippen molar-refractivity contribution in [2.75, 3.05) is 6.61 Å². The molecule has 0 saturated heterocycles. The third kappa shape index (κ3) is 4.35. The van der Waals surface area contributed by atoms with Gasteiger partial charge in [-0.25, -0.2) is 0 Å². The molecule has 100 valence electrons. The SMILES string of the molecule is CCc1ccc(OCCCc2cccnc2)c(Br)c1. The smallest absolute Gasteiger partial charge is 0.133 e. The number of nitrogens with zero attached hydrogens (tertiary/aromatic N) is 1. The van der Waals surface area contributed by atoms with E-state index in [1.54, 1.807) is 6.20 Å². The molecule has 0 aliphatic heterocycles. The highest BCUT2D eigenvalue weighted by Gasteiger charge is 2.02. The van der Waals surface area contributed by atoms with Crippen molar-refractivity contribution in [3.63, 3.8) is 0 Å². The average molecular weight is 320 g/mol. The van der Waals surface area contributed by atoms with Crippen LogP contribution in [0.1, 0.15) is 24.5 Å². The van der Waals surface area contributed by atoms with Gasteiger partial charge in [-0.15, -0.1) is 0 Å². The minimum atomic E-state index is 0.721. The number of ether oxygens (including phenoxy) is 1. The summed E-state index contributed by atoms with van der Waals surface area (Å²) in [7, 11) is 0. The lowest BCUT2D eigenvalue weighted by atomic mass is 10.1. The maximum atomic E-state index is 5.79. The molecule has 0 spiro atoms. The highest BCUT2D eigenvalue weighted by atomic mass is 79.9. The first-order chi connectivity index (χ1) is 9.29. The maximum Gasteiger partial charge on any atom is 0.133 e. The van der Waals surface area contributed by atoms with Gasteiger partial charge in [-0.1, -0.05) is 19.1 Å². The molecule has 19 heavy (non-hydrogen) atoms. The van der Waals surface area contributed by atoms with Crippen molar-refractivity contribution >= 4 is 15.9 Å². The molecule has 0 atom stereocenters. The fourth-order valence-electron chi connectivity index (χ4n) is 1.89. The highest BCUT2D eigenvalue weighted by molar-refractivity contribution is 9.10. The summed E-state index contributed by atoms with van der Waals surface area (Å²) >= 11 is 3.55. The maximum absolute atomic E-state index is 5.79. The van der Waals surface area contributed by atoms with E-state index in [0.717, 1.165) is 36.1 Å². The van der Waals surface area contributed by atoms with Crippen molar-refractivity contribution in [3.05, 3.63) is 58.3 Å². The third-order valence-electron chi connectivity index (χ3n) is 2.99. The summed E-state index contributed by atoms with van der Waals surface area (Å²) in [6.45, 7) is 2.87. The second-order valence-electron chi connectivity index (χ2n) is 4.43. The zero-order valence-electron chi connectivity index (χ0n) is 11.1. The van der Waals surface area contributed by atoms with E-state index in [2.05, 4.69) is 46.0 Å². The Morgan fingerprint density at radius 3 is 2.79 bits per heavy atom. The minimum Gasteiger partial charge on any atom is -0.492 e. The largest absolute Gasteiger partial charge is 0.492 e. The van der Waals surface area contributed by atoms with Crippen molar-refractivity contribution in [3.8, 4) is 5.75 Å². The number of pyridine rings is 1. The Labute approximate surface area is 123 Å². The van der Waals surface area contributed by atoms with Crippen LogP contribution in [-0.4, -0.2) is 11.6 Å². The van der Waals surface area contributed by atoms with Crippen LogP contribution in [0, 0.1) is 0 Å². The van der Waals surface area contributed by atoms with Crippen molar-refractivity contribution in [2.45, 2.75) is 26.2 Å². The van der Waals surface area contributed by atoms with Crippen LogP contribution in [0.5, 0.6) is 5.75 Å². The summed E-state index contributed by atoms with van der Waals surface area (Å²) < 4.78 is 6.83. The Morgan fingerprint density at radius 2 is 2.11 bits per heavy atom. The molecule has 0 N–H and O–H groups in total. The highest BCUT2D eigenvalue weighted by Crippen LogP contribution is 2.26. The molecule has 0 fully saturated rings. The Hall–Kier alpha value is -1.35. The van der Waals surface area contributed by atoms with Gasteiger partial charge < -0.3 is 4.74 Å². The lowest BCUT2D eigenvalue weighted by Gasteiger charge is -2.09. The van der Waals surface area contributed by atoms with Gasteiger partial charge >= 0.3 is 0 Å². The molecular weight excluding hydrogens is 302 g/mol. The van der Waals surface area contributed by atoms with Crippen LogP contribution in [0.3, 0.4) is 0 Å². The van der Waals surface area contributed by atoms with Crippen LogP contribution in [0.4, 0.5) is 0 Å². The number of aromatic nitrogens is 1. The molecule has 2 nitrogen and oxygen atoms in total. The van der Waals surface area contributed by atoms with Crippen LogP contribution in [0.15, 0.2) is 47.2 Å². The van der Waals surface area contributed by atoms with Gasteiger partial charge in [0.15, 0.2) is 0 Å². The third-order valence-corrected chi connectivity index (χ3v) is 3.61. The van der Waals surface area contributed by atoms with Gasteiger partial charge in [-0.05, 0) is 64.5 Å². The van der Waals surface area contributed by atoms with Crippen LogP contribution < -0.4 is 4.74 Å². The van der Waals surface area contributed by atoms with Gasteiger partial charge in [0.25, 0.3) is 0 Å². The Morgan fingerprint density at radius 1 is 1.21 bits per heavy atom. The lowest BCUT2D eigenvalue weighted by Crippen LogP contribution is -2.00. The van der Waals surface area contributed by atoms with Crippen molar-refractivity contribution in [2.24, 2.45) is 0 Å². The normalized spacial score (nSPS) is 10.4. The molecular formula is C16H18BrNO. The molecule has 0 aliphatic carbocycles. The number of rotatable bonds is 6. The zero-order valence-corrected chi connectivity index (χ0v) is 12.7. The molecule has 3 heteroatoms. The van der Waals surface area contributed by atoms with Crippen molar-refractivity contribution in [1.82, 2.24) is 4.98 Å². The van der Waals surface area contributed by atoms with Crippen LogP contribution in [-0.2, 0) is 12.8 Å². The fourth-order valence-corrected chi connectivity index (χ4v) is 2.43.